The first-order valence-electron chi connectivity index (χ1n) is 8.50. The zero-order valence-electron chi connectivity index (χ0n) is 15.0. The number of hydrogen-bond acceptors (Lipinski definition) is 10. The fourth-order valence-electron chi connectivity index (χ4n) is 2.38. The van der Waals surface area contributed by atoms with Gasteiger partial charge in [0, 0.05) is 17.0 Å². The zero-order valence-corrected chi connectivity index (χ0v) is 17.4. The molecule has 0 amide bonds. The maximum absolute atomic E-state index is 5.34. The highest BCUT2D eigenvalue weighted by Crippen LogP contribution is 2.28. The largest absolute Gasteiger partial charge is 0.497 e. The minimum atomic E-state index is 0.549. The van der Waals surface area contributed by atoms with Crippen molar-refractivity contribution >= 4 is 39.6 Å². The van der Waals surface area contributed by atoms with Crippen LogP contribution in [0.3, 0.4) is 0 Å². The van der Waals surface area contributed by atoms with E-state index in [9.17, 15) is 0 Å². The first kappa shape index (κ1) is 18.9. The third-order valence-electron chi connectivity index (χ3n) is 3.77. The van der Waals surface area contributed by atoms with Crippen molar-refractivity contribution in [3.63, 3.8) is 0 Å². The summed E-state index contributed by atoms with van der Waals surface area (Å²) in [6, 6.07) is 11.7. The van der Waals surface area contributed by atoms with Crippen LogP contribution in [0.2, 0.25) is 0 Å². The number of benzene rings is 1. The molecule has 0 aliphatic heterocycles. The van der Waals surface area contributed by atoms with Gasteiger partial charge in [0.05, 0.1) is 12.9 Å². The van der Waals surface area contributed by atoms with Crippen LogP contribution in [0.5, 0.6) is 5.75 Å². The maximum atomic E-state index is 5.34. The smallest absolute Gasteiger partial charge is 0.237 e. The Morgan fingerprint density at radius 1 is 1.18 bits per heavy atom. The van der Waals surface area contributed by atoms with Gasteiger partial charge in [-0.3, -0.25) is 0 Å². The third kappa shape index (κ3) is 4.89. The topological polar surface area (TPSA) is 86.0 Å². The van der Waals surface area contributed by atoms with Crippen LogP contribution in [0.4, 0.5) is 5.13 Å². The zero-order chi connectivity index (χ0) is 19.2. The summed E-state index contributed by atoms with van der Waals surface area (Å²) in [5.41, 5.74) is 0.883. The lowest BCUT2D eigenvalue weighted by Crippen LogP contribution is -2.03. The highest BCUT2D eigenvalue weighted by Gasteiger charge is 2.11. The Hall–Kier alpha value is -2.43. The van der Waals surface area contributed by atoms with Crippen LogP contribution in [-0.2, 0) is 12.2 Å². The molecule has 7 nitrogen and oxygen atoms in total. The van der Waals surface area contributed by atoms with Crippen molar-refractivity contribution in [3.8, 4) is 17.1 Å². The van der Waals surface area contributed by atoms with Crippen molar-refractivity contribution in [3.05, 3.63) is 52.5 Å². The van der Waals surface area contributed by atoms with Crippen LogP contribution in [0.15, 0.2) is 50.6 Å². The summed E-state index contributed by atoms with van der Waals surface area (Å²) in [5.74, 6) is 2.45. The van der Waals surface area contributed by atoms with Gasteiger partial charge >= 0.3 is 0 Å². The third-order valence-corrected chi connectivity index (χ3v) is 6.70. The number of thioether (sulfide) groups is 1. The standard InChI is InChI=1S/C18H17N5O2S3/c1-24-13-6-4-12(5-7-13)16-20-15(25-23-16)11-27-18-22-21-17(28-18)19-9-8-14-3-2-10-26-14/h2-7,10H,8-9,11H2,1H3,(H,19,21). The van der Waals surface area contributed by atoms with Gasteiger partial charge in [-0.15, -0.1) is 21.5 Å². The van der Waals surface area contributed by atoms with Gasteiger partial charge in [-0.25, -0.2) is 0 Å². The number of rotatable bonds is 9. The van der Waals surface area contributed by atoms with Crippen LogP contribution < -0.4 is 10.1 Å². The molecular formula is C18H17N5O2S3. The summed E-state index contributed by atoms with van der Waals surface area (Å²) in [6.45, 7) is 0.842. The van der Waals surface area contributed by atoms with Gasteiger partial charge in [0.25, 0.3) is 0 Å². The summed E-state index contributed by atoms with van der Waals surface area (Å²) < 4.78 is 11.4. The lowest BCUT2D eigenvalue weighted by molar-refractivity contribution is 0.391. The Kier molecular flexibility index (Phi) is 6.20. The number of hydrogen-bond donors (Lipinski definition) is 1. The lowest BCUT2D eigenvalue weighted by Gasteiger charge is -1.99. The summed E-state index contributed by atoms with van der Waals surface area (Å²) in [6.07, 6.45) is 0.982. The molecule has 4 aromatic rings. The molecule has 28 heavy (non-hydrogen) atoms. The van der Waals surface area contributed by atoms with E-state index >= 15 is 0 Å². The number of nitrogens with zero attached hydrogens (tertiary/aromatic N) is 4. The first-order chi connectivity index (χ1) is 13.8. The van der Waals surface area contributed by atoms with Crippen LogP contribution in [0.1, 0.15) is 10.8 Å². The molecular weight excluding hydrogens is 414 g/mol. The number of nitrogens with one attached hydrogen (secondary N) is 1. The van der Waals surface area contributed by atoms with Crippen LogP contribution in [0.25, 0.3) is 11.4 Å². The molecule has 4 rings (SSSR count). The molecule has 3 aromatic heterocycles. The second kappa shape index (κ2) is 9.18. The van der Waals surface area contributed by atoms with Crippen molar-refractivity contribution in [1.82, 2.24) is 20.3 Å². The maximum Gasteiger partial charge on any atom is 0.237 e. The van der Waals surface area contributed by atoms with Crippen molar-refractivity contribution in [2.75, 3.05) is 19.0 Å². The van der Waals surface area contributed by atoms with E-state index in [2.05, 4.69) is 43.2 Å². The van der Waals surface area contributed by atoms with E-state index in [-0.39, 0.29) is 0 Å². The van der Waals surface area contributed by atoms with Gasteiger partial charge in [0.15, 0.2) is 4.34 Å². The quantitative estimate of drug-likeness (QED) is 0.385. The SMILES string of the molecule is COc1ccc(-c2noc(CSc3nnc(NCCc4cccs4)s3)n2)cc1. The molecule has 1 aromatic carbocycles. The van der Waals surface area contributed by atoms with Gasteiger partial charge in [0.2, 0.25) is 16.8 Å². The van der Waals surface area contributed by atoms with E-state index in [4.69, 9.17) is 9.26 Å². The molecule has 0 spiro atoms. The van der Waals surface area contributed by atoms with Crippen LogP contribution >= 0.6 is 34.4 Å². The predicted molar refractivity (Wildman–Crippen MR) is 112 cm³/mol. The summed E-state index contributed by atoms with van der Waals surface area (Å²) in [4.78, 5) is 5.80. The van der Waals surface area contributed by atoms with Gasteiger partial charge in [0.1, 0.15) is 5.75 Å². The molecule has 0 bridgehead atoms. The fourth-order valence-corrected chi connectivity index (χ4v) is 4.71. The highest BCUT2D eigenvalue weighted by molar-refractivity contribution is 8.00. The molecule has 0 aliphatic rings. The van der Waals surface area contributed by atoms with Gasteiger partial charge in [-0.2, -0.15) is 4.98 Å². The average molecular weight is 432 g/mol. The molecule has 0 saturated carbocycles. The highest BCUT2D eigenvalue weighted by atomic mass is 32.2. The van der Waals surface area contributed by atoms with Crippen molar-refractivity contribution < 1.29 is 9.26 Å². The second-order valence-electron chi connectivity index (χ2n) is 5.66. The van der Waals surface area contributed by atoms with Gasteiger partial charge in [-0.05, 0) is 42.1 Å². The first-order valence-corrected chi connectivity index (χ1v) is 11.2. The molecule has 0 radical (unpaired) electrons. The fraction of sp³-hybridized carbons (Fsp3) is 0.222. The summed E-state index contributed by atoms with van der Waals surface area (Å²) in [7, 11) is 1.64. The molecule has 0 saturated heterocycles. The Morgan fingerprint density at radius 3 is 2.86 bits per heavy atom. The molecule has 1 N–H and O–H groups in total. The molecule has 144 valence electrons. The Labute approximate surface area is 174 Å². The van der Waals surface area contributed by atoms with Gasteiger partial charge in [-0.1, -0.05) is 34.3 Å². The molecule has 0 aliphatic carbocycles. The van der Waals surface area contributed by atoms with E-state index in [1.54, 1.807) is 18.4 Å². The predicted octanol–water partition coefficient (Wildman–Crippen LogP) is 4.61. The Balaban J connectivity index is 1.27. The molecule has 3 heterocycles. The minimum Gasteiger partial charge on any atom is -0.497 e. The van der Waals surface area contributed by atoms with Crippen molar-refractivity contribution in [2.24, 2.45) is 0 Å². The minimum absolute atomic E-state index is 0.549. The molecule has 0 fully saturated rings. The number of aromatic nitrogens is 4. The van der Waals surface area contributed by atoms with E-state index in [0.717, 1.165) is 33.7 Å². The van der Waals surface area contributed by atoms with Crippen molar-refractivity contribution in [2.45, 2.75) is 16.5 Å². The van der Waals surface area contributed by atoms with Crippen LogP contribution in [-0.4, -0.2) is 34.0 Å². The normalized spacial score (nSPS) is 10.9. The van der Waals surface area contributed by atoms with E-state index < -0.39 is 0 Å². The van der Waals surface area contributed by atoms with E-state index in [0.29, 0.717) is 17.5 Å². The Morgan fingerprint density at radius 2 is 2.07 bits per heavy atom. The Bertz CT molecular complexity index is 999. The average Bonchev–Trinajstić information content (AvgIpc) is 3.49. The molecule has 0 unspecified atom stereocenters. The number of anilines is 1. The molecule has 10 heteroatoms. The van der Waals surface area contributed by atoms with Crippen molar-refractivity contribution in [1.29, 1.82) is 0 Å². The number of ether oxygens (including phenoxy) is 1. The molecule has 0 atom stereocenters. The number of methoxy groups -OCH3 is 1. The summed E-state index contributed by atoms with van der Waals surface area (Å²) in [5, 5.41) is 18.6. The van der Waals surface area contributed by atoms with E-state index in [1.807, 2.05) is 24.3 Å². The number of thiophene rings is 1. The monoisotopic (exact) mass is 431 g/mol. The second-order valence-corrected chi connectivity index (χ2v) is 8.89. The van der Waals surface area contributed by atoms with E-state index in [1.165, 1.54) is 28.0 Å². The van der Waals surface area contributed by atoms with Crippen LogP contribution in [0, 0.1) is 0 Å². The van der Waals surface area contributed by atoms with Gasteiger partial charge < -0.3 is 14.6 Å². The summed E-state index contributed by atoms with van der Waals surface area (Å²) >= 11 is 4.82. The lowest BCUT2D eigenvalue weighted by atomic mass is 10.2.